The monoisotopic (exact) mass is 368 g/mol. The third-order valence-corrected chi connectivity index (χ3v) is 4.41. The van der Waals surface area contributed by atoms with Crippen molar-refractivity contribution in [1.29, 1.82) is 0 Å². The zero-order chi connectivity index (χ0) is 16.4. The highest BCUT2D eigenvalue weighted by Gasteiger charge is 2.34. The Bertz CT molecular complexity index is 545. The van der Waals surface area contributed by atoms with Crippen molar-refractivity contribution in [2.24, 2.45) is 5.92 Å². The summed E-state index contributed by atoms with van der Waals surface area (Å²) in [5, 5.41) is 3.28. The van der Waals surface area contributed by atoms with Crippen LogP contribution in [-0.2, 0) is 0 Å². The summed E-state index contributed by atoms with van der Waals surface area (Å²) in [6, 6.07) is 3.88. The van der Waals surface area contributed by atoms with Gasteiger partial charge in [0.25, 0.3) is 0 Å². The highest BCUT2D eigenvalue weighted by Crippen LogP contribution is 2.41. The number of nitrogens with zero attached hydrogens (tertiary/aromatic N) is 1. The molecule has 0 unspecified atom stereocenters. The van der Waals surface area contributed by atoms with Crippen molar-refractivity contribution in [3.8, 4) is 5.75 Å². The first-order chi connectivity index (χ1) is 10.9. The minimum atomic E-state index is -4.88. The van der Waals surface area contributed by atoms with E-state index in [0.29, 0.717) is 5.92 Å². The van der Waals surface area contributed by atoms with Crippen LogP contribution in [0.4, 0.5) is 17.6 Å². The second kappa shape index (κ2) is 7.89. The minimum absolute atomic E-state index is 0. The van der Waals surface area contributed by atoms with E-state index in [4.69, 9.17) is 0 Å². The second-order valence-electron chi connectivity index (χ2n) is 6.22. The second-order valence-corrected chi connectivity index (χ2v) is 6.22. The number of rotatable bonds is 5. The van der Waals surface area contributed by atoms with E-state index >= 15 is 0 Å². The van der Waals surface area contributed by atoms with Crippen molar-refractivity contribution in [2.45, 2.75) is 31.7 Å². The molecule has 0 radical (unpaired) electrons. The molecular formula is C16H21ClF4N2O. The standard InChI is InChI=1S/C16H20F4N2O.ClH/c17-13-10-12(3-4-15(13)23-16(18,19)20)14(9-11-1-2-11)22-7-5-21-6-8-22;/h3-4,10-11,14,21H,1-2,5-9H2;1H/t14-;/m1./s1. The normalized spacial score (nSPS) is 20.3. The van der Waals surface area contributed by atoms with E-state index < -0.39 is 17.9 Å². The Hall–Kier alpha value is -1.05. The number of halogens is 5. The Morgan fingerprint density at radius 3 is 2.42 bits per heavy atom. The first-order valence-electron chi connectivity index (χ1n) is 7.92. The number of hydrogen-bond donors (Lipinski definition) is 1. The molecule has 1 N–H and O–H groups in total. The van der Waals surface area contributed by atoms with E-state index in [-0.39, 0.29) is 18.4 Å². The molecule has 2 aliphatic rings. The van der Waals surface area contributed by atoms with Crippen LogP contribution in [0.25, 0.3) is 0 Å². The van der Waals surface area contributed by atoms with Gasteiger partial charge in [0.2, 0.25) is 0 Å². The maximum absolute atomic E-state index is 14.0. The molecule has 1 saturated carbocycles. The number of alkyl halides is 3. The maximum Gasteiger partial charge on any atom is 0.573 e. The van der Waals surface area contributed by atoms with Crippen LogP contribution in [-0.4, -0.2) is 37.4 Å². The van der Waals surface area contributed by atoms with Crippen molar-refractivity contribution in [3.05, 3.63) is 29.6 Å². The van der Waals surface area contributed by atoms with Gasteiger partial charge in [-0.05, 0) is 30.0 Å². The van der Waals surface area contributed by atoms with Gasteiger partial charge >= 0.3 is 6.36 Å². The Kier molecular flexibility index (Phi) is 6.33. The van der Waals surface area contributed by atoms with Gasteiger partial charge < -0.3 is 10.1 Å². The lowest BCUT2D eigenvalue weighted by Crippen LogP contribution is -2.45. The van der Waals surface area contributed by atoms with Gasteiger partial charge in [-0.1, -0.05) is 18.9 Å². The van der Waals surface area contributed by atoms with E-state index in [1.54, 1.807) is 6.07 Å². The summed E-state index contributed by atoms with van der Waals surface area (Å²) < 4.78 is 54.5. The summed E-state index contributed by atoms with van der Waals surface area (Å²) in [6.07, 6.45) is -1.59. The molecule has 3 rings (SSSR count). The average Bonchev–Trinajstić information content (AvgIpc) is 3.31. The summed E-state index contributed by atoms with van der Waals surface area (Å²) in [7, 11) is 0. The van der Waals surface area contributed by atoms with Crippen LogP contribution in [0.2, 0.25) is 0 Å². The van der Waals surface area contributed by atoms with Crippen LogP contribution in [0.5, 0.6) is 5.75 Å². The highest BCUT2D eigenvalue weighted by molar-refractivity contribution is 5.85. The van der Waals surface area contributed by atoms with Crippen molar-refractivity contribution < 1.29 is 22.3 Å². The summed E-state index contributed by atoms with van der Waals surface area (Å²) in [5.74, 6) is -1.09. The molecule has 136 valence electrons. The van der Waals surface area contributed by atoms with E-state index in [2.05, 4.69) is 15.0 Å². The molecule has 0 bridgehead atoms. The molecule has 0 amide bonds. The summed E-state index contributed by atoms with van der Waals surface area (Å²) >= 11 is 0. The van der Waals surface area contributed by atoms with Crippen molar-refractivity contribution in [2.75, 3.05) is 26.2 Å². The number of benzene rings is 1. The fraction of sp³-hybridized carbons (Fsp3) is 0.625. The number of hydrogen-bond acceptors (Lipinski definition) is 3. The number of piperazine rings is 1. The molecule has 1 atom stereocenters. The third kappa shape index (κ3) is 5.22. The molecule has 24 heavy (non-hydrogen) atoms. The predicted molar refractivity (Wildman–Crippen MR) is 84.9 cm³/mol. The average molecular weight is 369 g/mol. The van der Waals surface area contributed by atoms with Gasteiger partial charge in [0.15, 0.2) is 11.6 Å². The molecule has 1 aliphatic carbocycles. The van der Waals surface area contributed by atoms with Crippen LogP contribution >= 0.6 is 12.4 Å². The Balaban J connectivity index is 0.00000208. The molecule has 1 aromatic rings. The summed E-state index contributed by atoms with van der Waals surface area (Å²) in [5.41, 5.74) is 0.728. The molecule has 3 nitrogen and oxygen atoms in total. The molecule has 1 heterocycles. The van der Waals surface area contributed by atoms with Crippen molar-refractivity contribution >= 4 is 12.4 Å². The minimum Gasteiger partial charge on any atom is -0.403 e. The fourth-order valence-corrected chi connectivity index (χ4v) is 3.09. The van der Waals surface area contributed by atoms with Crippen molar-refractivity contribution in [3.63, 3.8) is 0 Å². The molecule has 8 heteroatoms. The SMILES string of the molecule is Cl.Fc1cc([C@@H](CC2CC2)N2CCNCC2)ccc1OC(F)(F)F. The largest absolute Gasteiger partial charge is 0.573 e. The first kappa shape index (κ1) is 19.3. The van der Waals surface area contributed by atoms with Gasteiger partial charge in [-0.15, -0.1) is 25.6 Å². The van der Waals surface area contributed by atoms with Gasteiger partial charge in [-0.2, -0.15) is 0 Å². The molecule has 0 aromatic heterocycles. The Labute approximate surface area is 144 Å². The van der Waals surface area contributed by atoms with Crippen LogP contribution < -0.4 is 10.1 Å². The van der Waals surface area contributed by atoms with E-state index in [1.807, 2.05) is 0 Å². The molecular weight excluding hydrogens is 348 g/mol. The van der Waals surface area contributed by atoms with Gasteiger partial charge in [0.1, 0.15) is 0 Å². The van der Waals surface area contributed by atoms with Crippen LogP contribution in [0, 0.1) is 11.7 Å². The van der Waals surface area contributed by atoms with Gasteiger partial charge in [-0.3, -0.25) is 4.90 Å². The molecule has 1 aliphatic heterocycles. The molecule has 1 aromatic carbocycles. The highest BCUT2D eigenvalue weighted by atomic mass is 35.5. The fourth-order valence-electron chi connectivity index (χ4n) is 3.09. The van der Waals surface area contributed by atoms with Gasteiger partial charge in [0.05, 0.1) is 0 Å². The molecule has 1 saturated heterocycles. The summed E-state index contributed by atoms with van der Waals surface area (Å²) in [6.45, 7) is 3.47. The third-order valence-electron chi connectivity index (χ3n) is 4.41. The molecule has 0 spiro atoms. The molecule has 2 fully saturated rings. The van der Waals surface area contributed by atoms with E-state index in [1.165, 1.54) is 18.9 Å². The van der Waals surface area contributed by atoms with Crippen LogP contribution in [0.15, 0.2) is 18.2 Å². The van der Waals surface area contributed by atoms with Crippen molar-refractivity contribution in [1.82, 2.24) is 10.2 Å². The smallest absolute Gasteiger partial charge is 0.403 e. The lowest BCUT2D eigenvalue weighted by Gasteiger charge is -2.35. The predicted octanol–water partition coefficient (Wildman–Crippen LogP) is 3.89. The first-order valence-corrected chi connectivity index (χ1v) is 7.92. The zero-order valence-corrected chi connectivity index (χ0v) is 13.9. The van der Waals surface area contributed by atoms with E-state index in [0.717, 1.165) is 44.2 Å². The van der Waals surface area contributed by atoms with E-state index in [9.17, 15) is 17.6 Å². The van der Waals surface area contributed by atoms with Crippen LogP contribution in [0.1, 0.15) is 30.9 Å². The lowest BCUT2D eigenvalue weighted by atomic mass is 9.98. The maximum atomic E-state index is 14.0. The summed E-state index contributed by atoms with van der Waals surface area (Å²) in [4.78, 5) is 2.29. The quantitative estimate of drug-likeness (QED) is 0.798. The lowest BCUT2D eigenvalue weighted by molar-refractivity contribution is -0.275. The Morgan fingerprint density at radius 1 is 1.21 bits per heavy atom. The number of nitrogens with one attached hydrogen (secondary N) is 1. The Morgan fingerprint density at radius 2 is 1.88 bits per heavy atom. The van der Waals surface area contributed by atoms with Gasteiger partial charge in [0, 0.05) is 32.2 Å². The zero-order valence-electron chi connectivity index (χ0n) is 13.1. The van der Waals surface area contributed by atoms with Gasteiger partial charge in [-0.25, -0.2) is 4.39 Å². The topological polar surface area (TPSA) is 24.5 Å². The number of ether oxygens (including phenoxy) is 1. The van der Waals surface area contributed by atoms with Crippen LogP contribution in [0.3, 0.4) is 0 Å².